The maximum atomic E-state index is 10.5. The molecule has 1 aromatic heterocycles. The number of carboxylic acids is 1. The lowest BCUT2D eigenvalue weighted by Crippen LogP contribution is -1.95. The van der Waals surface area contributed by atoms with Crippen molar-refractivity contribution in [1.29, 1.82) is 0 Å². The molecular weight excluding hydrogens is 202 g/mol. The first-order valence-corrected chi connectivity index (χ1v) is 5.43. The van der Waals surface area contributed by atoms with E-state index in [9.17, 15) is 4.79 Å². The molecule has 0 aliphatic carbocycles. The van der Waals surface area contributed by atoms with E-state index in [0.29, 0.717) is 6.42 Å². The summed E-state index contributed by atoms with van der Waals surface area (Å²) < 4.78 is 2.09. The number of para-hydroxylation sites is 1. The van der Waals surface area contributed by atoms with Gasteiger partial charge in [-0.15, -0.1) is 0 Å². The number of nitrogens with zero attached hydrogens (tertiary/aromatic N) is 1. The number of benzene rings is 1. The van der Waals surface area contributed by atoms with Crippen molar-refractivity contribution in [2.75, 3.05) is 0 Å². The zero-order valence-corrected chi connectivity index (χ0v) is 9.31. The zero-order chi connectivity index (χ0) is 11.5. The lowest BCUT2D eigenvalue weighted by Gasteiger charge is -1.96. The van der Waals surface area contributed by atoms with E-state index in [1.54, 1.807) is 0 Å². The summed E-state index contributed by atoms with van der Waals surface area (Å²) in [5.41, 5.74) is 2.44. The average Bonchev–Trinajstić information content (AvgIpc) is 2.57. The standard InChI is InChI=1S/C13H15NO2/c1-14-9-10(5-4-8-13(15)16)11-6-2-3-7-12(11)14/h2-3,6-7,9H,4-5,8H2,1H3,(H,15,16). The summed E-state index contributed by atoms with van der Waals surface area (Å²) in [5.74, 6) is -0.722. The number of carboxylic acid groups (broad SMARTS) is 1. The predicted octanol–water partition coefficient (Wildman–Crippen LogP) is 2.59. The van der Waals surface area contributed by atoms with E-state index in [1.165, 1.54) is 16.5 Å². The summed E-state index contributed by atoms with van der Waals surface area (Å²) in [5, 5.41) is 9.84. The summed E-state index contributed by atoms with van der Waals surface area (Å²) in [6.45, 7) is 0. The Morgan fingerprint density at radius 3 is 2.88 bits per heavy atom. The number of aromatic nitrogens is 1. The topological polar surface area (TPSA) is 42.2 Å². The largest absolute Gasteiger partial charge is 0.481 e. The number of aryl methyl sites for hydroxylation is 2. The van der Waals surface area contributed by atoms with Crippen LogP contribution in [0.15, 0.2) is 30.5 Å². The van der Waals surface area contributed by atoms with Crippen LogP contribution in [0.4, 0.5) is 0 Å². The second kappa shape index (κ2) is 4.39. The molecule has 84 valence electrons. The molecule has 2 aromatic rings. The number of rotatable bonds is 4. The van der Waals surface area contributed by atoms with Gasteiger partial charge in [-0.2, -0.15) is 0 Å². The van der Waals surface area contributed by atoms with Crippen LogP contribution in [0.5, 0.6) is 0 Å². The van der Waals surface area contributed by atoms with E-state index in [2.05, 4.69) is 22.9 Å². The molecule has 1 aromatic carbocycles. The molecule has 16 heavy (non-hydrogen) atoms. The van der Waals surface area contributed by atoms with Crippen molar-refractivity contribution in [2.45, 2.75) is 19.3 Å². The van der Waals surface area contributed by atoms with Crippen molar-refractivity contribution in [2.24, 2.45) is 7.05 Å². The third-order valence-corrected chi connectivity index (χ3v) is 2.82. The second-order valence-electron chi connectivity index (χ2n) is 4.03. The van der Waals surface area contributed by atoms with Gasteiger partial charge in [0.05, 0.1) is 0 Å². The molecule has 3 heteroatoms. The molecule has 3 nitrogen and oxygen atoms in total. The van der Waals surface area contributed by atoms with Crippen LogP contribution >= 0.6 is 0 Å². The molecule has 0 saturated heterocycles. The number of hydrogen-bond donors (Lipinski definition) is 1. The molecule has 0 aliphatic rings. The third kappa shape index (κ3) is 2.08. The van der Waals surface area contributed by atoms with Crippen LogP contribution in [0.1, 0.15) is 18.4 Å². The Kier molecular flexibility index (Phi) is 2.95. The van der Waals surface area contributed by atoms with Crippen LogP contribution in [0.2, 0.25) is 0 Å². The van der Waals surface area contributed by atoms with E-state index in [1.807, 2.05) is 19.2 Å². The van der Waals surface area contributed by atoms with Gasteiger partial charge in [0.1, 0.15) is 0 Å². The fourth-order valence-electron chi connectivity index (χ4n) is 2.05. The van der Waals surface area contributed by atoms with Crippen LogP contribution in [0.25, 0.3) is 10.9 Å². The Morgan fingerprint density at radius 2 is 2.12 bits per heavy atom. The van der Waals surface area contributed by atoms with Gasteiger partial charge in [-0.05, 0) is 24.5 Å². The molecule has 0 aliphatic heterocycles. The van der Waals surface area contributed by atoms with Gasteiger partial charge in [-0.1, -0.05) is 18.2 Å². The van der Waals surface area contributed by atoms with Gasteiger partial charge in [0, 0.05) is 30.6 Å². The van der Waals surface area contributed by atoms with Crippen LogP contribution in [0.3, 0.4) is 0 Å². The molecule has 0 amide bonds. The molecule has 1 N–H and O–H groups in total. The predicted molar refractivity (Wildman–Crippen MR) is 63.5 cm³/mol. The van der Waals surface area contributed by atoms with E-state index >= 15 is 0 Å². The lowest BCUT2D eigenvalue weighted by atomic mass is 10.1. The van der Waals surface area contributed by atoms with Crippen molar-refractivity contribution >= 4 is 16.9 Å². The zero-order valence-electron chi connectivity index (χ0n) is 9.31. The van der Waals surface area contributed by atoms with Crippen LogP contribution in [-0.4, -0.2) is 15.6 Å². The normalized spacial score (nSPS) is 10.8. The Bertz CT molecular complexity index is 514. The van der Waals surface area contributed by atoms with Gasteiger partial charge in [-0.25, -0.2) is 0 Å². The first kappa shape index (κ1) is 10.7. The molecule has 0 radical (unpaired) electrons. The molecule has 0 saturated carbocycles. The fourth-order valence-corrected chi connectivity index (χ4v) is 2.05. The highest BCUT2D eigenvalue weighted by molar-refractivity contribution is 5.83. The summed E-state index contributed by atoms with van der Waals surface area (Å²) >= 11 is 0. The number of fused-ring (bicyclic) bond motifs is 1. The molecule has 1 heterocycles. The van der Waals surface area contributed by atoms with Crippen molar-refractivity contribution in [3.8, 4) is 0 Å². The minimum absolute atomic E-state index is 0.239. The smallest absolute Gasteiger partial charge is 0.303 e. The number of carbonyl (C=O) groups is 1. The van der Waals surface area contributed by atoms with Gasteiger partial charge in [0.15, 0.2) is 0 Å². The Morgan fingerprint density at radius 1 is 1.38 bits per heavy atom. The second-order valence-corrected chi connectivity index (χ2v) is 4.03. The van der Waals surface area contributed by atoms with E-state index in [-0.39, 0.29) is 6.42 Å². The third-order valence-electron chi connectivity index (χ3n) is 2.82. The van der Waals surface area contributed by atoms with Gasteiger partial charge in [-0.3, -0.25) is 4.79 Å². The lowest BCUT2D eigenvalue weighted by molar-refractivity contribution is -0.137. The van der Waals surface area contributed by atoms with Crippen LogP contribution in [0, 0.1) is 0 Å². The molecule has 0 spiro atoms. The summed E-state index contributed by atoms with van der Waals surface area (Å²) in [6, 6.07) is 8.20. The van der Waals surface area contributed by atoms with Crippen molar-refractivity contribution in [3.63, 3.8) is 0 Å². The van der Waals surface area contributed by atoms with Crippen LogP contribution in [-0.2, 0) is 18.3 Å². The first-order valence-electron chi connectivity index (χ1n) is 5.43. The van der Waals surface area contributed by atoms with Crippen LogP contribution < -0.4 is 0 Å². The highest BCUT2D eigenvalue weighted by Crippen LogP contribution is 2.21. The molecule has 0 bridgehead atoms. The highest BCUT2D eigenvalue weighted by Gasteiger charge is 2.06. The minimum Gasteiger partial charge on any atom is -0.481 e. The van der Waals surface area contributed by atoms with Gasteiger partial charge in [0.25, 0.3) is 0 Å². The van der Waals surface area contributed by atoms with E-state index in [0.717, 1.165) is 6.42 Å². The van der Waals surface area contributed by atoms with Gasteiger partial charge < -0.3 is 9.67 Å². The fraction of sp³-hybridized carbons (Fsp3) is 0.308. The number of hydrogen-bond acceptors (Lipinski definition) is 1. The number of aliphatic carboxylic acids is 1. The molecule has 0 fully saturated rings. The molecular formula is C13H15NO2. The molecule has 0 unspecified atom stereocenters. The average molecular weight is 217 g/mol. The molecule has 0 atom stereocenters. The summed E-state index contributed by atoms with van der Waals surface area (Å²) in [4.78, 5) is 10.5. The maximum Gasteiger partial charge on any atom is 0.303 e. The minimum atomic E-state index is -0.722. The van der Waals surface area contributed by atoms with E-state index < -0.39 is 5.97 Å². The summed E-state index contributed by atoms with van der Waals surface area (Å²) in [6.07, 6.45) is 3.85. The van der Waals surface area contributed by atoms with E-state index in [4.69, 9.17) is 5.11 Å². The SMILES string of the molecule is Cn1cc(CCCC(=O)O)c2ccccc21. The highest BCUT2D eigenvalue weighted by atomic mass is 16.4. The van der Waals surface area contributed by atoms with Gasteiger partial charge in [0.2, 0.25) is 0 Å². The first-order chi connectivity index (χ1) is 7.68. The summed E-state index contributed by atoms with van der Waals surface area (Å²) in [7, 11) is 2.02. The van der Waals surface area contributed by atoms with Crippen molar-refractivity contribution in [1.82, 2.24) is 4.57 Å². The maximum absolute atomic E-state index is 10.5. The van der Waals surface area contributed by atoms with Crippen molar-refractivity contribution < 1.29 is 9.90 Å². The van der Waals surface area contributed by atoms with Gasteiger partial charge >= 0.3 is 5.97 Å². The quantitative estimate of drug-likeness (QED) is 0.855. The molecule has 2 rings (SSSR count). The Balaban J connectivity index is 2.21. The Labute approximate surface area is 94.3 Å². The Hall–Kier alpha value is -1.77. The van der Waals surface area contributed by atoms with Crippen molar-refractivity contribution in [3.05, 3.63) is 36.0 Å². The monoisotopic (exact) mass is 217 g/mol.